The fourth-order valence-electron chi connectivity index (χ4n) is 2.20. The monoisotopic (exact) mass is 270 g/mol. The lowest BCUT2D eigenvalue weighted by Crippen LogP contribution is -2.15. The van der Waals surface area contributed by atoms with E-state index < -0.39 is 0 Å². The summed E-state index contributed by atoms with van der Waals surface area (Å²) in [5.74, 6) is 0.256. The molecule has 20 heavy (non-hydrogen) atoms. The van der Waals surface area contributed by atoms with Crippen molar-refractivity contribution in [2.24, 2.45) is 0 Å². The first-order chi connectivity index (χ1) is 9.61. The van der Waals surface area contributed by atoms with Crippen molar-refractivity contribution < 1.29 is 0 Å². The number of aromatic nitrogens is 4. The molecule has 7 nitrogen and oxygen atoms in total. The minimum Gasteiger partial charge on any atom is -0.388 e. The van der Waals surface area contributed by atoms with Crippen LogP contribution < -0.4 is 16.7 Å². The van der Waals surface area contributed by atoms with Gasteiger partial charge >= 0.3 is 5.69 Å². The normalized spacial score (nSPS) is 10.9. The molecule has 1 aromatic carbocycles. The van der Waals surface area contributed by atoms with E-state index in [1.54, 1.807) is 0 Å². The summed E-state index contributed by atoms with van der Waals surface area (Å²) < 4.78 is 1.48. The number of hydrogen-bond acceptors (Lipinski definition) is 5. The van der Waals surface area contributed by atoms with Crippen molar-refractivity contribution in [3.8, 4) is 5.69 Å². The van der Waals surface area contributed by atoms with Crippen LogP contribution in [0.4, 0.5) is 11.5 Å². The third-order valence-corrected chi connectivity index (χ3v) is 3.25. The van der Waals surface area contributed by atoms with Crippen LogP contribution in [-0.4, -0.2) is 26.6 Å². The average Bonchev–Trinajstić information content (AvgIpc) is 2.77. The lowest BCUT2D eigenvalue weighted by atomic mass is 10.2. The molecule has 102 valence electrons. The van der Waals surface area contributed by atoms with Gasteiger partial charge in [0.25, 0.3) is 0 Å². The SMILES string of the molecule is CNc1cc(-n2c(=O)[nH]c3c(N)ncnc32)ccc1C. The number of imidazole rings is 1. The number of aryl methyl sites for hydroxylation is 1. The van der Waals surface area contributed by atoms with E-state index >= 15 is 0 Å². The third kappa shape index (κ3) is 1.71. The van der Waals surface area contributed by atoms with Crippen LogP contribution in [0.15, 0.2) is 29.3 Å². The summed E-state index contributed by atoms with van der Waals surface area (Å²) in [5.41, 5.74) is 9.13. The molecule has 0 amide bonds. The zero-order valence-corrected chi connectivity index (χ0v) is 11.1. The number of nitrogens with zero attached hydrogens (tertiary/aromatic N) is 3. The Morgan fingerprint density at radius 3 is 2.90 bits per heavy atom. The number of fused-ring (bicyclic) bond motifs is 1. The van der Waals surface area contributed by atoms with Gasteiger partial charge < -0.3 is 16.0 Å². The zero-order valence-electron chi connectivity index (χ0n) is 11.1. The van der Waals surface area contributed by atoms with Crippen molar-refractivity contribution >= 4 is 22.7 Å². The molecule has 0 aliphatic heterocycles. The minimum atomic E-state index is -0.293. The first-order valence-corrected chi connectivity index (χ1v) is 6.12. The van der Waals surface area contributed by atoms with Gasteiger partial charge in [0.05, 0.1) is 5.69 Å². The molecule has 2 aromatic heterocycles. The van der Waals surface area contributed by atoms with Crippen LogP contribution in [0.25, 0.3) is 16.9 Å². The Labute approximate surface area is 114 Å². The number of anilines is 2. The number of benzene rings is 1. The Morgan fingerprint density at radius 2 is 2.15 bits per heavy atom. The smallest absolute Gasteiger partial charge is 0.332 e. The van der Waals surface area contributed by atoms with E-state index in [-0.39, 0.29) is 11.5 Å². The van der Waals surface area contributed by atoms with E-state index in [4.69, 9.17) is 5.73 Å². The molecule has 0 atom stereocenters. The predicted octanol–water partition coefficient (Wildman–Crippen LogP) is 1.04. The number of nitrogens with one attached hydrogen (secondary N) is 2. The second-order valence-corrected chi connectivity index (χ2v) is 4.47. The maximum atomic E-state index is 12.1. The topological polar surface area (TPSA) is 102 Å². The molecular weight excluding hydrogens is 256 g/mol. The van der Waals surface area contributed by atoms with Crippen molar-refractivity contribution in [3.05, 3.63) is 40.6 Å². The second-order valence-electron chi connectivity index (χ2n) is 4.47. The van der Waals surface area contributed by atoms with E-state index in [0.29, 0.717) is 16.9 Å². The molecule has 4 N–H and O–H groups in total. The zero-order chi connectivity index (χ0) is 14.3. The van der Waals surface area contributed by atoms with E-state index in [1.165, 1.54) is 10.9 Å². The molecular formula is C13H14N6O. The van der Waals surface area contributed by atoms with Crippen molar-refractivity contribution in [1.29, 1.82) is 0 Å². The molecule has 0 fully saturated rings. The molecule has 0 saturated carbocycles. The van der Waals surface area contributed by atoms with Gasteiger partial charge in [0.15, 0.2) is 11.5 Å². The molecule has 0 unspecified atom stereocenters. The van der Waals surface area contributed by atoms with Crippen LogP contribution in [0.1, 0.15) is 5.56 Å². The van der Waals surface area contributed by atoms with Gasteiger partial charge in [-0.05, 0) is 24.6 Å². The molecule has 7 heteroatoms. The van der Waals surface area contributed by atoms with Gasteiger partial charge in [-0.3, -0.25) is 0 Å². The van der Waals surface area contributed by atoms with Crippen LogP contribution in [0, 0.1) is 6.92 Å². The number of H-pyrrole nitrogens is 1. The van der Waals surface area contributed by atoms with E-state index in [2.05, 4.69) is 20.3 Å². The van der Waals surface area contributed by atoms with Crippen LogP contribution >= 0.6 is 0 Å². The van der Waals surface area contributed by atoms with Crippen molar-refractivity contribution in [3.63, 3.8) is 0 Å². The quantitative estimate of drug-likeness (QED) is 0.646. The Hall–Kier alpha value is -2.83. The van der Waals surface area contributed by atoms with Gasteiger partial charge in [-0.1, -0.05) is 6.07 Å². The molecule has 0 bridgehead atoms. The molecule has 3 aromatic rings. The number of nitrogens with two attached hydrogens (primary N) is 1. The van der Waals surface area contributed by atoms with Gasteiger partial charge in [0.1, 0.15) is 11.8 Å². The summed E-state index contributed by atoms with van der Waals surface area (Å²) in [4.78, 5) is 22.8. The van der Waals surface area contributed by atoms with Gasteiger partial charge in [-0.2, -0.15) is 0 Å². The Bertz CT molecular complexity index is 848. The van der Waals surface area contributed by atoms with Crippen LogP contribution in [0.2, 0.25) is 0 Å². The summed E-state index contributed by atoms with van der Waals surface area (Å²) in [6.45, 7) is 1.99. The lowest BCUT2D eigenvalue weighted by Gasteiger charge is -2.08. The second kappa shape index (κ2) is 4.37. The molecule has 0 aliphatic carbocycles. The fourth-order valence-corrected chi connectivity index (χ4v) is 2.20. The first kappa shape index (κ1) is 12.2. The molecule has 2 heterocycles. The Morgan fingerprint density at radius 1 is 1.35 bits per heavy atom. The highest BCUT2D eigenvalue weighted by atomic mass is 16.1. The molecule has 3 rings (SSSR count). The minimum absolute atomic E-state index is 0.256. The summed E-state index contributed by atoms with van der Waals surface area (Å²) in [6.07, 6.45) is 1.34. The van der Waals surface area contributed by atoms with E-state index in [1.807, 2.05) is 32.2 Å². The third-order valence-electron chi connectivity index (χ3n) is 3.25. The van der Waals surface area contributed by atoms with E-state index in [0.717, 1.165) is 11.3 Å². The van der Waals surface area contributed by atoms with Gasteiger partial charge in [0, 0.05) is 12.7 Å². The van der Waals surface area contributed by atoms with Crippen LogP contribution in [0.5, 0.6) is 0 Å². The van der Waals surface area contributed by atoms with Crippen molar-refractivity contribution in [2.45, 2.75) is 6.92 Å². The highest BCUT2D eigenvalue weighted by molar-refractivity contribution is 5.82. The maximum absolute atomic E-state index is 12.1. The van der Waals surface area contributed by atoms with Crippen LogP contribution in [0.3, 0.4) is 0 Å². The largest absolute Gasteiger partial charge is 0.388 e. The standard InChI is InChI=1S/C13H14N6O/c1-7-3-4-8(5-9(7)15-2)19-12-10(18-13(19)20)11(14)16-6-17-12/h3-6,15H,1-2H3,(H,18,20)(H2,14,16,17). The van der Waals surface area contributed by atoms with Crippen LogP contribution in [-0.2, 0) is 0 Å². The molecule has 0 aliphatic rings. The first-order valence-electron chi connectivity index (χ1n) is 6.12. The van der Waals surface area contributed by atoms with Crippen molar-refractivity contribution in [1.82, 2.24) is 19.5 Å². The summed E-state index contributed by atoms with van der Waals surface area (Å²) >= 11 is 0. The maximum Gasteiger partial charge on any atom is 0.332 e. The fraction of sp³-hybridized carbons (Fsp3) is 0.154. The van der Waals surface area contributed by atoms with Gasteiger partial charge in [0.2, 0.25) is 0 Å². The Balaban J connectivity index is 2.32. The highest BCUT2D eigenvalue weighted by Crippen LogP contribution is 2.21. The van der Waals surface area contributed by atoms with Gasteiger partial charge in [-0.25, -0.2) is 19.3 Å². The lowest BCUT2D eigenvalue weighted by molar-refractivity contribution is 0.996. The number of nitrogen functional groups attached to an aromatic ring is 1. The Kier molecular flexibility index (Phi) is 2.67. The highest BCUT2D eigenvalue weighted by Gasteiger charge is 2.13. The summed E-state index contributed by atoms with van der Waals surface area (Å²) in [6, 6.07) is 5.70. The number of aromatic amines is 1. The molecule has 0 radical (unpaired) electrons. The molecule has 0 spiro atoms. The molecule has 0 saturated heterocycles. The number of hydrogen-bond donors (Lipinski definition) is 3. The van der Waals surface area contributed by atoms with Crippen molar-refractivity contribution in [2.75, 3.05) is 18.1 Å². The average molecular weight is 270 g/mol. The van der Waals surface area contributed by atoms with Gasteiger partial charge in [-0.15, -0.1) is 0 Å². The summed E-state index contributed by atoms with van der Waals surface area (Å²) in [5, 5.41) is 3.09. The number of rotatable bonds is 2. The van der Waals surface area contributed by atoms with E-state index in [9.17, 15) is 4.79 Å². The summed E-state index contributed by atoms with van der Waals surface area (Å²) in [7, 11) is 1.84. The predicted molar refractivity (Wildman–Crippen MR) is 78.2 cm³/mol.